The van der Waals surface area contributed by atoms with Gasteiger partial charge in [-0.25, -0.2) is 9.42 Å². The minimum Gasteiger partial charge on any atom is -0.480 e. The van der Waals surface area contributed by atoms with E-state index in [1.807, 2.05) is 6.92 Å². The van der Waals surface area contributed by atoms with Gasteiger partial charge in [0.2, 0.25) is 0 Å². The fourth-order valence-corrected chi connectivity index (χ4v) is 2.03. The van der Waals surface area contributed by atoms with Crippen LogP contribution >= 0.6 is 0 Å². The number of aliphatic carboxylic acids is 1. The zero-order valence-corrected chi connectivity index (χ0v) is 10.3. The predicted molar refractivity (Wildman–Crippen MR) is 60.9 cm³/mol. The monoisotopic (exact) mass is 255 g/mol. The van der Waals surface area contributed by atoms with Crippen LogP contribution in [0.2, 0.25) is 0 Å². The fourth-order valence-electron chi connectivity index (χ4n) is 2.03. The van der Waals surface area contributed by atoms with Gasteiger partial charge in [-0.1, -0.05) is 10.3 Å². The Morgan fingerprint density at radius 2 is 2.22 bits per heavy atom. The molecule has 1 aliphatic heterocycles. The average Bonchev–Trinajstić information content (AvgIpc) is 2.74. The summed E-state index contributed by atoms with van der Waals surface area (Å²) in [5.74, 6) is -0.915. The lowest BCUT2D eigenvalue weighted by Gasteiger charge is -2.30. The van der Waals surface area contributed by atoms with Crippen molar-refractivity contribution < 1.29 is 19.3 Å². The van der Waals surface area contributed by atoms with E-state index in [0.29, 0.717) is 0 Å². The van der Waals surface area contributed by atoms with Gasteiger partial charge in [0.05, 0.1) is 6.10 Å². The van der Waals surface area contributed by atoms with Gasteiger partial charge in [-0.05, 0) is 19.8 Å². The molecule has 0 aromatic carbocycles. The van der Waals surface area contributed by atoms with Gasteiger partial charge in [0.25, 0.3) is 0 Å². The maximum absolute atomic E-state index is 10.4. The highest BCUT2D eigenvalue weighted by Crippen LogP contribution is 2.16. The molecule has 0 bridgehead atoms. The number of ether oxygens (including phenoxy) is 1. The first kappa shape index (κ1) is 13.0. The van der Waals surface area contributed by atoms with E-state index in [1.54, 1.807) is 0 Å². The quantitative estimate of drug-likeness (QED) is 0.816. The highest BCUT2D eigenvalue weighted by atomic mass is 16.6. The molecule has 7 nitrogen and oxygen atoms in total. The van der Waals surface area contributed by atoms with Crippen molar-refractivity contribution in [2.75, 3.05) is 19.7 Å². The number of aryl methyl sites for hydroxylation is 1. The number of likely N-dealkylation sites (tertiary alicyclic amines) is 1. The van der Waals surface area contributed by atoms with Crippen LogP contribution in [0.15, 0.2) is 4.63 Å². The summed E-state index contributed by atoms with van der Waals surface area (Å²) in [6, 6.07) is 0. The van der Waals surface area contributed by atoms with Crippen LogP contribution in [0.4, 0.5) is 0 Å². The molecule has 1 aromatic heterocycles. The smallest absolute Gasteiger partial charge is 0.329 e. The zero-order chi connectivity index (χ0) is 13.0. The average molecular weight is 255 g/mol. The molecule has 0 radical (unpaired) electrons. The lowest BCUT2D eigenvalue weighted by molar-refractivity contribution is -0.145. The highest BCUT2D eigenvalue weighted by Gasteiger charge is 2.21. The topological polar surface area (TPSA) is 88.7 Å². The van der Waals surface area contributed by atoms with Crippen LogP contribution in [-0.4, -0.2) is 52.1 Å². The van der Waals surface area contributed by atoms with Gasteiger partial charge in [0.1, 0.15) is 18.0 Å². The number of nitrogens with zero attached hydrogens (tertiary/aromatic N) is 3. The fraction of sp³-hybridized carbons (Fsp3) is 0.727. The van der Waals surface area contributed by atoms with E-state index in [0.717, 1.165) is 43.9 Å². The molecule has 0 spiro atoms. The minimum atomic E-state index is -0.915. The summed E-state index contributed by atoms with van der Waals surface area (Å²) in [6.45, 7) is 4.12. The number of piperidine rings is 1. The van der Waals surface area contributed by atoms with E-state index in [4.69, 9.17) is 9.84 Å². The van der Waals surface area contributed by atoms with Crippen molar-refractivity contribution in [1.82, 2.24) is 15.2 Å². The zero-order valence-electron chi connectivity index (χ0n) is 10.3. The number of carboxylic acid groups (broad SMARTS) is 1. The molecule has 0 aliphatic carbocycles. The second-order valence-electron chi connectivity index (χ2n) is 4.48. The Labute approximate surface area is 105 Å². The predicted octanol–water partition coefficient (Wildman–Crippen LogP) is 0.444. The van der Waals surface area contributed by atoms with Gasteiger partial charge in [0, 0.05) is 19.6 Å². The molecule has 0 unspecified atom stereocenters. The Hall–Kier alpha value is -1.47. The minimum absolute atomic E-state index is 0.0499. The van der Waals surface area contributed by atoms with E-state index in [1.165, 1.54) is 0 Å². The third kappa shape index (κ3) is 3.51. The number of carboxylic acids is 1. The van der Waals surface area contributed by atoms with Crippen LogP contribution in [0.1, 0.15) is 24.2 Å². The van der Waals surface area contributed by atoms with Gasteiger partial charge in [0.15, 0.2) is 0 Å². The Balaban J connectivity index is 1.73. The molecule has 1 saturated heterocycles. The molecule has 7 heteroatoms. The summed E-state index contributed by atoms with van der Waals surface area (Å²) in [6.07, 6.45) is 1.74. The van der Waals surface area contributed by atoms with Crippen molar-refractivity contribution in [1.29, 1.82) is 0 Å². The number of carbonyl (C=O) groups is 1. The molecule has 2 heterocycles. The van der Waals surface area contributed by atoms with Crippen molar-refractivity contribution in [2.45, 2.75) is 32.4 Å². The molecule has 0 amide bonds. The molecule has 0 saturated carbocycles. The van der Waals surface area contributed by atoms with Crippen molar-refractivity contribution in [2.24, 2.45) is 0 Å². The summed E-state index contributed by atoms with van der Waals surface area (Å²) < 4.78 is 9.94. The second-order valence-corrected chi connectivity index (χ2v) is 4.48. The van der Waals surface area contributed by atoms with Gasteiger partial charge in [-0.3, -0.25) is 4.90 Å². The summed E-state index contributed by atoms with van der Waals surface area (Å²) in [7, 11) is 0. The molecule has 100 valence electrons. The Morgan fingerprint density at radius 3 is 2.78 bits per heavy atom. The number of hydrogen-bond donors (Lipinski definition) is 1. The summed E-state index contributed by atoms with van der Waals surface area (Å²) >= 11 is 0. The van der Waals surface area contributed by atoms with E-state index in [9.17, 15) is 4.79 Å². The van der Waals surface area contributed by atoms with E-state index >= 15 is 0 Å². The van der Waals surface area contributed by atoms with E-state index in [2.05, 4.69) is 19.8 Å². The molecule has 18 heavy (non-hydrogen) atoms. The number of hydrogen-bond acceptors (Lipinski definition) is 6. The molecule has 2 rings (SSSR count). The summed E-state index contributed by atoms with van der Waals surface area (Å²) in [5.41, 5.74) is 1.68. The largest absolute Gasteiger partial charge is 0.480 e. The van der Waals surface area contributed by atoms with Crippen LogP contribution in [0.5, 0.6) is 0 Å². The SMILES string of the molecule is Cc1nonc1CN1CCC(OCC(=O)O)CC1. The first-order valence-electron chi connectivity index (χ1n) is 5.99. The normalized spacial score (nSPS) is 18.1. The first-order chi connectivity index (χ1) is 8.65. The van der Waals surface area contributed by atoms with Crippen LogP contribution in [-0.2, 0) is 16.1 Å². The lowest BCUT2D eigenvalue weighted by atomic mass is 10.1. The first-order valence-corrected chi connectivity index (χ1v) is 5.99. The lowest BCUT2D eigenvalue weighted by Crippen LogP contribution is -2.37. The van der Waals surface area contributed by atoms with Crippen LogP contribution in [0, 0.1) is 6.92 Å². The van der Waals surface area contributed by atoms with Crippen LogP contribution in [0.3, 0.4) is 0 Å². The second kappa shape index (κ2) is 5.92. The van der Waals surface area contributed by atoms with Crippen molar-refractivity contribution in [3.05, 3.63) is 11.4 Å². The molecule has 1 fully saturated rings. The molecule has 1 aliphatic rings. The Kier molecular flexibility index (Phi) is 4.27. The van der Waals surface area contributed by atoms with E-state index in [-0.39, 0.29) is 12.7 Å². The highest BCUT2D eigenvalue weighted by molar-refractivity contribution is 5.68. The maximum Gasteiger partial charge on any atom is 0.329 e. The Morgan fingerprint density at radius 1 is 1.50 bits per heavy atom. The van der Waals surface area contributed by atoms with Crippen LogP contribution < -0.4 is 0 Å². The van der Waals surface area contributed by atoms with Crippen molar-refractivity contribution in [3.63, 3.8) is 0 Å². The van der Waals surface area contributed by atoms with Gasteiger partial charge >= 0.3 is 5.97 Å². The standard InChI is InChI=1S/C11H17N3O4/c1-8-10(13-18-12-8)6-14-4-2-9(3-5-14)17-7-11(15)16/h9H,2-7H2,1H3,(H,15,16). The molecule has 0 atom stereocenters. The maximum atomic E-state index is 10.4. The number of rotatable bonds is 5. The van der Waals surface area contributed by atoms with E-state index < -0.39 is 5.97 Å². The molecular formula is C11H17N3O4. The summed E-state index contributed by atoms with van der Waals surface area (Å²) in [4.78, 5) is 12.6. The summed E-state index contributed by atoms with van der Waals surface area (Å²) in [5, 5.41) is 16.1. The van der Waals surface area contributed by atoms with Gasteiger partial charge < -0.3 is 9.84 Å². The number of aromatic nitrogens is 2. The van der Waals surface area contributed by atoms with Crippen molar-refractivity contribution in [3.8, 4) is 0 Å². The Bertz CT molecular complexity index is 399. The third-order valence-corrected chi connectivity index (χ3v) is 3.10. The van der Waals surface area contributed by atoms with Gasteiger partial charge in [-0.15, -0.1) is 0 Å². The van der Waals surface area contributed by atoms with Crippen LogP contribution in [0.25, 0.3) is 0 Å². The molecular weight excluding hydrogens is 238 g/mol. The van der Waals surface area contributed by atoms with Crippen molar-refractivity contribution >= 4 is 5.97 Å². The third-order valence-electron chi connectivity index (χ3n) is 3.10. The molecule has 1 N–H and O–H groups in total. The molecule has 1 aromatic rings. The van der Waals surface area contributed by atoms with Gasteiger partial charge in [-0.2, -0.15) is 0 Å².